The van der Waals surface area contributed by atoms with Gasteiger partial charge < -0.3 is 15.8 Å². The molecule has 0 unspecified atom stereocenters. The molecule has 0 aliphatic carbocycles. The van der Waals surface area contributed by atoms with E-state index in [4.69, 9.17) is 33.7 Å². The number of hydrogen-bond acceptors (Lipinski definition) is 4. The lowest BCUT2D eigenvalue weighted by Gasteiger charge is -2.15. The zero-order chi connectivity index (χ0) is 15.4. The van der Waals surface area contributed by atoms with Crippen LogP contribution in [0.1, 0.15) is 17.3 Å². The van der Waals surface area contributed by atoms with Gasteiger partial charge in [0, 0.05) is 5.69 Å². The number of nitrogens with one attached hydrogen (secondary N) is 1. The third kappa shape index (κ3) is 3.60. The SMILES string of the molecule is CCOC(=O)c1cc(N)cc(Cl)c1Nc1ccccc1Cl. The fourth-order valence-electron chi connectivity index (χ4n) is 1.82. The molecule has 0 spiro atoms. The summed E-state index contributed by atoms with van der Waals surface area (Å²) < 4.78 is 5.02. The first kappa shape index (κ1) is 15.5. The Kier molecular flexibility index (Phi) is 4.94. The Morgan fingerprint density at radius 1 is 1.24 bits per heavy atom. The molecule has 4 nitrogen and oxygen atoms in total. The van der Waals surface area contributed by atoms with E-state index in [0.29, 0.717) is 27.1 Å². The van der Waals surface area contributed by atoms with E-state index in [1.165, 1.54) is 6.07 Å². The summed E-state index contributed by atoms with van der Waals surface area (Å²) in [7, 11) is 0. The van der Waals surface area contributed by atoms with E-state index < -0.39 is 5.97 Å². The van der Waals surface area contributed by atoms with Crippen LogP contribution in [0.2, 0.25) is 10.0 Å². The number of nitrogens with two attached hydrogens (primary N) is 1. The molecule has 2 aromatic carbocycles. The maximum absolute atomic E-state index is 12.0. The van der Waals surface area contributed by atoms with E-state index in [0.717, 1.165) is 0 Å². The van der Waals surface area contributed by atoms with Crippen molar-refractivity contribution in [2.45, 2.75) is 6.92 Å². The number of carbonyl (C=O) groups excluding carboxylic acids is 1. The molecule has 2 rings (SSSR count). The quantitative estimate of drug-likeness (QED) is 0.642. The monoisotopic (exact) mass is 324 g/mol. The van der Waals surface area contributed by atoms with Gasteiger partial charge in [0.15, 0.2) is 0 Å². The smallest absolute Gasteiger partial charge is 0.340 e. The topological polar surface area (TPSA) is 64.3 Å². The molecule has 0 radical (unpaired) electrons. The van der Waals surface area contributed by atoms with Crippen molar-refractivity contribution in [3.63, 3.8) is 0 Å². The lowest BCUT2D eigenvalue weighted by atomic mass is 10.1. The Bertz CT molecular complexity index is 675. The summed E-state index contributed by atoms with van der Waals surface area (Å²) in [6, 6.07) is 10.2. The van der Waals surface area contributed by atoms with Gasteiger partial charge in [-0.1, -0.05) is 35.3 Å². The summed E-state index contributed by atoms with van der Waals surface area (Å²) in [6.07, 6.45) is 0. The predicted molar refractivity (Wildman–Crippen MR) is 86.6 cm³/mol. The number of esters is 1. The van der Waals surface area contributed by atoms with Crippen LogP contribution in [-0.4, -0.2) is 12.6 Å². The molecule has 2 aromatic rings. The van der Waals surface area contributed by atoms with Gasteiger partial charge in [0.2, 0.25) is 0 Å². The number of anilines is 3. The third-order valence-electron chi connectivity index (χ3n) is 2.74. The van der Waals surface area contributed by atoms with Crippen LogP contribution in [0.5, 0.6) is 0 Å². The van der Waals surface area contributed by atoms with Crippen molar-refractivity contribution in [3.05, 3.63) is 52.0 Å². The highest BCUT2D eigenvalue weighted by molar-refractivity contribution is 6.35. The zero-order valence-corrected chi connectivity index (χ0v) is 12.8. The number of benzene rings is 2. The van der Waals surface area contributed by atoms with Crippen LogP contribution >= 0.6 is 23.2 Å². The number of rotatable bonds is 4. The molecular weight excluding hydrogens is 311 g/mol. The van der Waals surface area contributed by atoms with Crippen LogP contribution in [-0.2, 0) is 4.74 Å². The molecule has 110 valence electrons. The Hall–Kier alpha value is -1.91. The Morgan fingerprint density at radius 3 is 2.62 bits per heavy atom. The number of para-hydroxylation sites is 1. The summed E-state index contributed by atoms with van der Waals surface area (Å²) in [4.78, 5) is 12.0. The van der Waals surface area contributed by atoms with E-state index >= 15 is 0 Å². The number of halogens is 2. The van der Waals surface area contributed by atoms with Gasteiger partial charge in [-0.25, -0.2) is 4.79 Å². The maximum atomic E-state index is 12.0. The van der Waals surface area contributed by atoms with Gasteiger partial charge in [0.25, 0.3) is 0 Å². The normalized spacial score (nSPS) is 10.2. The molecule has 0 fully saturated rings. The first-order chi connectivity index (χ1) is 10.0. The van der Waals surface area contributed by atoms with Crippen molar-refractivity contribution in [3.8, 4) is 0 Å². The molecule has 0 saturated carbocycles. The van der Waals surface area contributed by atoms with Crippen molar-refractivity contribution >= 4 is 46.2 Å². The predicted octanol–water partition coefficient (Wildman–Crippen LogP) is 4.50. The summed E-state index contributed by atoms with van der Waals surface area (Å²) in [5.74, 6) is -0.499. The second-order valence-corrected chi connectivity index (χ2v) is 5.07. The molecule has 6 heteroatoms. The fraction of sp³-hybridized carbons (Fsp3) is 0.133. The number of ether oxygens (including phenoxy) is 1. The zero-order valence-electron chi connectivity index (χ0n) is 11.3. The number of nitrogen functional groups attached to an aromatic ring is 1. The van der Waals surface area contributed by atoms with Gasteiger partial charge in [0.05, 0.1) is 33.6 Å². The average Bonchev–Trinajstić information content (AvgIpc) is 2.43. The van der Waals surface area contributed by atoms with Crippen LogP contribution in [0.3, 0.4) is 0 Å². The maximum Gasteiger partial charge on any atom is 0.340 e. The molecule has 3 N–H and O–H groups in total. The van der Waals surface area contributed by atoms with Crippen LogP contribution in [0, 0.1) is 0 Å². The second kappa shape index (κ2) is 6.70. The highest BCUT2D eigenvalue weighted by atomic mass is 35.5. The molecular formula is C15H14Cl2N2O2. The molecule has 0 heterocycles. The molecule has 0 aromatic heterocycles. The lowest BCUT2D eigenvalue weighted by molar-refractivity contribution is 0.0527. The van der Waals surface area contributed by atoms with Crippen molar-refractivity contribution < 1.29 is 9.53 Å². The summed E-state index contributed by atoms with van der Waals surface area (Å²) in [6.45, 7) is 1.99. The van der Waals surface area contributed by atoms with Crippen molar-refractivity contribution in [2.75, 3.05) is 17.7 Å². The number of carbonyl (C=O) groups is 1. The van der Waals surface area contributed by atoms with Crippen LogP contribution < -0.4 is 11.1 Å². The van der Waals surface area contributed by atoms with Crippen LogP contribution in [0.25, 0.3) is 0 Å². The standard InChI is InChI=1S/C15H14Cl2N2O2/c1-2-21-15(20)10-7-9(18)8-12(17)14(10)19-13-6-4-3-5-11(13)16/h3-8,19H,2,18H2,1H3. The highest BCUT2D eigenvalue weighted by Gasteiger charge is 2.17. The second-order valence-electron chi connectivity index (χ2n) is 4.25. The van der Waals surface area contributed by atoms with Crippen LogP contribution in [0.4, 0.5) is 17.1 Å². The van der Waals surface area contributed by atoms with E-state index in [-0.39, 0.29) is 12.2 Å². The van der Waals surface area contributed by atoms with E-state index in [1.807, 2.05) is 12.1 Å². The van der Waals surface area contributed by atoms with Crippen molar-refractivity contribution in [1.82, 2.24) is 0 Å². The lowest BCUT2D eigenvalue weighted by Crippen LogP contribution is -2.09. The van der Waals surface area contributed by atoms with Crippen LogP contribution in [0.15, 0.2) is 36.4 Å². The first-order valence-corrected chi connectivity index (χ1v) is 7.06. The Labute approximate surface area is 132 Å². The van der Waals surface area contributed by atoms with E-state index in [9.17, 15) is 4.79 Å². The molecule has 0 amide bonds. The minimum absolute atomic E-state index is 0.261. The molecule has 0 atom stereocenters. The van der Waals surface area contributed by atoms with E-state index in [2.05, 4.69) is 5.32 Å². The minimum Gasteiger partial charge on any atom is -0.462 e. The molecule has 0 saturated heterocycles. The van der Waals surface area contributed by atoms with Gasteiger partial charge in [0.1, 0.15) is 0 Å². The molecule has 0 aliphatic heterocycles. The first-order valence-electron chi connectivity index (χ1n) is 6.30. The molecule has 21 heavy (non-hydrogen) atoms. The highest BCUT2D eigenvalue weighted by Crippen LogP contribution is 2.34. The van der Waals surface area contributed by atoms with Gasteiger partial charge in [-0.05, 0) is 31.2 Å². The van der Waals surface area contributed by atoms with Gasteiger partial charge >= 0.3 is 5.97 Å². The molecule has 0 aliphatic rings. The fourth-order valence-corrected chi connectivity index (χ4v) is 2.28. The number of hydrogen-bond donors (Lipinski definition) is 2. The molecule has 0 bridgehead atoms. The minimum atomic E-state index is -0.499. The third-order valence-corrected chi connectivity index (χ3v) is 3.37. The Morgan fingerprint density at radius 2 is 1.95 bits per heavy atom. The average molecular weight is 325 g/mol. The summed E-state index contributed by atoms with van der Waals surface area (Å²) >= 11 is 12.3. The van der Waals surface area contributed by atoms with E-state index in [1.54, 1.807) is 25.1 Å². The summed E-state index contributed by atoms with van der Waals surface area (Å²) in [5.41, 5.74) is 7.44. The van der Waals surface area contributed by atoms with Gasteiger partial charge in [-0.3, -0.25) is 0 Å². The van der Waals surface area contributed by atoms with Gasteiger partial charge in [-0.15, -0.1) is 0 Å². The summed E-state index contributed by atoms with van der Waals surface area (Å²) in [5, 5.41) is 3.89. The largest absolute Gasteiger partial charge is 0.462 e. The Balaban J connectivity index is 2.47. The van der Waals surface area contributed by atoms with Crippen molar-refractivity contribution in [2.24, 2.45) is 0 Å². The van der Waals surface area contributed by atoms with Crippen molar-refractivity contribution in [1.29, 1.82) is 0 Å². The van der Waals surface area contributed by atoms with Gasteiger partial charge in [-0.2, -0.15) is 0 Å².